The van der Waals surface area contributed by atoms with E-state index in [4.69, 9.17) is 4.74 Å². The Labute approximate surface area is 81.0 Å². The van der Waals surface area contributed by atoms with Crippen molar-refractivity contribution in [2.75, 3.05) is 6.61 Å². The van der Waals surface area contributed by atoms with Gasteiger partial charge in [0.25, 0.3) is 0 Å². The SMILES string of the molecule is CCOC1CC(NC2CC2CC)C1. The van der Waals surface area contributed by atoms with Gasteiger partial charge in [0.15, 0.2) is 0 Å². The molecule has 76 valence electrons. The number of nitrogens with one attached hydrogen (secondary N) is 1. The third-order valence-corrected chi connectivity index (χ3v) is 3.39. The summed E-state index contributed by atoms with van der Waals surface area (Å²) in [5, 5.41) is 3.70. The molecule has 1 N–H and O–H groups in total. The van der Waals surface area contributed by atoms with E-state index < -0.39 is 0 Å². The van der Waals surface area contributed by atoms with Crippen LogP contribution >= 0.6 is 0 Å². The van der Waals surface area contributed by atoms with E-state index in [1.807, 2.05) is 0 Å². The van der Waals surface area contributed by atoms with Crippen LogP contribution in [0.1, 0.15) is 39.5 Å². The zero-order valence-corrected chi connectivity index (χ0v) is 8.75. The third kappa shape index (κ3) is 2.23. The lowest BCUT2D eigenvalue weighted by molar-refractivity contribution is -0.0105. The Bertz CT molecular complexity index is 165. The van der Waals surface area contributed by atoms with E-state index in [0.717, 1.165) is 24.6 Å². The van der Waals surface area contributed by atoms with Gasteiger partial charge >= 0.3 is 0 Å². The predicted octanol–water partition coefficient (Wildman–Crippen LogP) is 1.94. The Morgan fingerprint density at radius 2 is 2.00 bits per heavy atom. The van der Waals surface area contributed by atoms with Gasteiger partial charge in [-0.05, 0) is 32.1 Å². The van der Waals surface area contributed by atoms with E-state index in [-0.39, 0.29) is 0 Å². The van der Waals surface area contributed by atoms with Gasteiger partial charge in [-0.2, -0.15) is 0 Å². The molecule has 2 unspecified atom stereocenters. The molecule has 2 heteroatoms. The molecule has 0 amide bonds. The molecule has 2 aliphatic carbocycles. The monoisotopic (exact) mass is 183 g/mol. The largest absolute Gasteiger partial charge is 0.378 e. The minimum absolute atomic E-state index is 0.557. The molecule has 0 heterocycles. The Balaban J connectivity index is 1.55. The third-order valence-electron chi connectivity index (χ3n) is 3.39. The van der Waals surface area contributed by atoms with Crippen molar-refractivity contribution < 1.29 is 4.74 Å². The van der Waals surface area contributed by atoms with Gasteiger partial charge in [0.05, 0.1) is 6.10 Å². The average molecular weight is 183 g/mol. The van der Waals surface area contributed by atoms with Gasteiger partial charge in [0.1, 0.15) is 0 Å². The van der Waals surface area contributed by atoms with Crippen molar-refractivity contribution in [3.63, 3.8) is 0 Å². The van der Waals surface area contributed by atoms with E-state index in [0.29, 0.717) is 6.10 Å². The maximum Gasteiger partial charge on any atom is 0.0604 e. The van der Waals surface area contributed by atoms with Gasteiger partial charge in [0, 0.05) is 18.7 Å². The zero-order valence-electron chi connectivity index (χ0n) is 8.75. The van der Waals surface area contributed by atoms with Gasteiger partial charge in [-0.15, -0.1) is 0 Å². The average Bonchev–Trinajstić information content (AvgIpc) is 2.80. The summed E-state index contributed by atoms with van der Waals surface area (Å²) < 4.78 is 5.52. The van der Waals surface area contributed by atoms with E-state index >= 15 is 0 Å². The number of hydrogen-bond donors (Lipinski definition) is 1. The first kappa shape index (κ1) is 9.47. The van der Waals surface area contributed by atoms with E-state index in [9.17, 15) is 0 Å². The molecular formula is C11H21NO. The Morgan fingerprint density at radius 1 is 1.23 bits per heavy atom. The smallest absolute Gasteiger partial charge is 0.0604 e. The second kappa shape index (κ2) is 3.97. The van der Waals surface area contributed by atoms with E-state index in [1.165, 1.54) is 25.7 Å². The molecule has 2 fully saturated rings. The summed E-state index contributed by atoms with van der Waals surface area (Å²) in [6.07, 6.45) is 5.79. The lowest BCUT2D eigenvalue weighted by atomic mass is 9.89. The van der Waals surface area contributed by atoms with Crippen LogP contribution in [0.15, 0.2) is 0 Å². The molecule has 0 aromatic carbocycles. The number of ether oxygens (including phenoxy) is 1. The van der Waals surface area contributed by atoms with Crippen molar-refractivity contribution in [1.29, 1.82) is 0 Å². The standard InChI is InChI=1S/C11H21NO/c1-3-8-5-11(8)12-9-6-10(7-9)13-4-2/h8-12H,3-7H2,1-2H3. The van der Waals surface area contributed by atoms with E-state index in [1.54, 1.807) is 0 Å². The summed E-state index contributed by atoms with van der Waals surface area (Å²) in [5.74, 6) is 0.978. The molecule has 0 radical (unpaired) electrons. The first-order valence-corrected chi connectivity index (χ1v) is 5.71. The molecule has 0 spiro atoms. The predicted molar refractivity (Wildman–Crippen MR) is 53.8 cm³/mol. The summed E-state index contributed by atoms with van der Waals surface area (Å²) in [6, 6.07) is 1.61. The maximum atomic E-state index is 5.52. The summed E-state index contributed by atoms with van der Waals surface area (Å²) in [4.78, 5) is 0. The minimum Gasteiger partial charge on any atom is -0.378 e. The highest BCUT2D eigenvalue weighted by Crippen LogP contribution is 2.36. The second-order valence-corrected chi connectivity index (χ2v) is 4.42. The Kier molecular flexibility index (Phi) is 2.89. The molecule has 0 bridgehead atoms. The molecule has 0 saturated heterocycles. The van der Waals surface area contributed by atoms with Gasteiger partial charge < -0.3 is 10.1 Å². The molecule has 0 aliphatic heterocycles. The van der Waals surface area contributed by atoms with Crippen LogP contribution in [0.25, 0.3) is 0 Å². The zero-order chi connectivity index (χ0) is 9.26. The Morgan fingerprint density at radius 3 is 2.54 bits per heavy atom. The topological polar surface area (TPSA) is 21.3 Å². The van der Waals surface area contributed by atoms with Gasteiger partial charge in [-0.1, -0.05) is 13.3 Å². The maximum absolute atomic E-state index is 5.52. The fraction of sp³-hybridized carbons (Fsp3) is 1.00. The van der Waals surface area contributed by atoms with Crippen molar-refractivity contribution in [3.8, 4) is 0 Å². The quantitative estimate of drug-likeness (QED) is 0.703. The minimum atomic E-state index is 0.557. The molecule has 0 aromatic heterocycles. The van der Waals surface area contributed by atoms with Crippen LogP contribution in [0.5, 0.6) is 0 Å². The summed E-state index contributed by atoms with van der Waals surface area (Å²) in [5.41, 5.74) is 0. The molecule has 2 saturated carbocycles. The molecule has 2 aliphatic rings. The highest BCUT2D eigenvalue weighted by atomic mass is 16.5. The molecule has 2 atom stereocenters. The Hall–Kier alpha value is -0.0800. The van der Waals surface area contributed by atoms with E-state index in [2.05, 4.69) is 19.2 Å². The number of hydrogen-bond acceptors (Lipinski definition) is 2. The number of rotatable bonds is 5. The van der Waals surface area contributed by atoms with Crippen molar-refractivity contribution in [2.45, 2.75) is 57.7 Å². The van der Waals surface area contributed by atoms with Gasteiger partial charge in [-0.3, -0.25) is 0 Å². The van der Waals surface area contributed by atoms with Crippen LogP contribution in [0.3, 0.4) is 0 Å². The molecular weight excluding hydrogens is 162 g/mol. The van der Waals surface area contributed by atoms with Crippen molar-refractivity contribution >= 4 is 0 Å². The first-order valence-electron chi connectivity index (χ1n) is 5.71. The molecule has 13 heavy (non-hydrogen) atoms. The van der Waals surface area contributed by atoms with Gasteiger partial charge in [0.2, 0.25) is 0 Å². The highest BCUT2D eigenvalue weighted by molar-refractivity contribution is 4.97. The van der Waals surface area contributed by atoms with Crippen LogP contribution in [-0.4, -0.2) is 24.8 Å². The normalized spacial score (nSPS) is 42.9. The first-order chi connectivity index (χ1) is 6.33. The summed E-state index contributed by atoms with van der Waals surface area (Å²) in [7, 11) is 0. The lowest BCUT2D eigenvalue weighted by Gasteiger charge is -2.35. The van der Waals surface area contributed by atoms with Crippen molar-refractivity contribution in [1.82, 2.24) is 5.32 Å². The summed E-state index contributed by atoms with van der Waals surface area (Å²) >= 11 is 0. The molecule has 2 nitrogen and oxygen atoms in total. The van der Waals surface area contributed by atoms with Crippen LogP contribution in [-0.2, 0) is 4.74 Å². The molecule has 2 rings (SSSR count). The van der Waals surface area contributed by atoms with Crippen LogP contribution in [0, 0.1) is 5.92 Å². The summed E-state index contributed by atoms with van der Waals surface area (Å²) in [6.45, 7) is 5.24. The fourth-order valence-electron chi connectivity index (χ4n) is 2.28. The molecule has 0 aromatic rings. The highest BCUT2D eigenvalue weighted by Gasteiger charge is 2.39. The van der Waals surface area contributed by atoms with Crippen LogP contribution in [0.2, 0.25) is 0 Å². The van der Waals surface area contributed by atoms with Crippen LogP contribution in [0.4, 0.5) is 0 Å². The van der Waals surface area contributed by atoms with Crippen LogP contribution < -0.4 is 5.32 Å². The van der Waals surface area contributed by atoms with Crippen molar-refractivity contribution in [2.24, 2.45) is 5.92 Å². The second-order valence-electron chi connectivity index (χ2n) is 4.42. The fourth-order valence-corrected chi connectivity index (χ4v) is 2.28. The van der Waals surface area contributed by atoms with Gasteiger partial charge in [-0.25, -0.2) is 0 Å². The van der Waals surface area contributed by atoms with Crippen molar-refractivity contribution in [3.05, 3.63) is 0 Å². The lowest BCUT2D eigenvalue weighted by Crippen LogP contribution is -2.46.